The van der Waals surface area contributed by atoms with Gasteiger partial charge in [0.05, 0.1) is 5.02 Å². The van der Waals surface area contributed by atoms with Gasteiger partial charge < -0.3 is 5.32 Å². The number of benzene rings is 2. The highest BCUT2D eigenvalue weighted by Crippen LogP contribution is 2.34. The van der Waals surface area contributed by atoms with Crippen LogP contribution >= 0.6 is 23.4 Å². The molecule has 0 atom stereocenters. The van der Waals surface area contributed by atoms with Crippen LogP contribution in [-0.2, 0) is 6.54 Å². The lowest BCUT2D eigenvalue weighted by molar-refractivity contribution is 0.803. The molecule has 0 fully saturated rings. The lowest BCUT2D eigenvalue weighted by Gasteiger charge is -2.09. The summed E-state index contributed by atoms with van der Waals surface area (Å²) < 4.78 is 0. The minimum atomic E-state index is 0.803. The molecule has 17 heavy (non-hydrogen) atoms. The lowest BCUT2D eigenvalue weighted by atomic mass is 10.2. The molecule has 0 saturated heterocycles. The van der Waals surface area contributed by atoms with Gasteiger partial charge in [-0.1, -0.05) is 53.7 Å². The van der Waals surface area contributed by atoms with E-state index in [4.69, 9.17) is 11.6 Å². The van der Waals surface area contributed by atoms with E-state index in [9.17, 15) is 0 Å². The summed E-state index contributed by atoms with van der Waals surface area (Å²) in [7, 11) is 1.96. The van der Waals surface area contributed by atoms with Crippen LogP contribution in [0.25, 0.3) is 0 Å². The molecule has 0 aromatic heterocycles. The summed E-state index contributed by atoms with van der Waals surface area (Å²) in [6.45, 7) is 0.869. The van der Waals surface area contributed by atoms with Crippen LogP contribution in [0.1, 0.15) is 5.56 Å². The lowest BCUT2D eigenvalue weighted by Crippen LogP contribution is -2.05. The van der Waals surface area contributed by atoms with E-state index >= 15 is 0 Å². The van der Waals surface area contributed by atoms with Crippen LogP contribution in [0.15, 0.2) is 58.3 Å². The van der Waals surface area contributed by atoms with Crippen LogP contribution in [0.2, 0.25) is 5.02 Å². The molecule has 2 rings (SSSR count). The van der Waals surface area contributed by atoms with Crippen LogP contribution in [0.5, 0.6) is 0 Å². The van der Waals surface area contributed by atoms with E-state index < -0.39 is 0 Å². The molecule has 0 aliphatic rings. The van der Waals surface area contributed by atoms with Gasteiger partial charge >= 0.3 is 0 Å². The summed E-state index contributed by atoms with van der Waals surface area (Å²) in [5.41, 5.74) is 1.29. The third-order valence-electron chi connectivity index (χ3n) is 2.40. The molecule has 0 spiro atoms. The van der Waals surface area contributed by atoms with E-state index in [0.717, 1.165) is 16.5 Å². The molecule has 2 aromatic rings. The van der Waals surface area contributed by atoms with Crippen molar-refractivity contribution in [3.8, 4) is 0 Å². The van der Waals surface area contributed by atoms with Crippen molar-refractivity contribution in [3.63, 3.8) is 0 Å². The number of rotatable bonds is 4. The average molecular weight is 264 g/mol. The maximum atomic E-state index is 6.17. The predicted octanol–water partition coefficient (Wildman–Crippen LogP) is 4.21. The zero-order valence-corrected chi connectivity index (χ0v) is 11.2. The molecule has 2 aromatic carbocycles. The highest BCUT2D eigenvalue weighted by atomic mass is 35.5. The van der Waals surface area contributed by atoms with Crippen molar-refractivity contribution in [2.24, 2.45) is 0 Å². The maximum Gasteiger partial charge on any atom is 0.0545 e. The molecule has 1 N–H and O–H groups in total. The Balaban J connectivity index is 2.27. The second-order valence-corrected chi connectivity index (χ2v) is 5.16. The van der Waals surface area contributed by atoms with Gasteiger partial charge in [0.2, 0.25) is 0 Å². The molecule has 0 aliphatic carbocycles. The van der Waals surface area contributed by atoms with Crippen LogP contribution in [0.4, 0.5) is 0 Å². The fourth-order valence-electron chi connectivity index (χ4n) is 1.59. The summed E-state index contributed by atoms with van der Waals surface area (Å²) in [4.78, 5) is 2.34. The second kappa shape index (κ2) is 6.10. The molecule has 0 aliphatic heterocycles. The highest BCUT2D eigenvalue weighted by Gasteiger charge is 2.05. The Kier molecular flexibility index (Phi) is 4.49. The van der Waals surface area contributed by atoms with Crippen molar-refractivity contribution in [1.82, 2.24) is 5.32 Å². The normalized spacial score (nSPS) is 10.5. The Hall–Kier alpha value is -0.960. The Labute approximate surface area is 111 Å². The molecule has 0 amide bonds. The SMILES string of the molecule is CNCc1ccccc1Sc1ccccc1Cl. The topological polar surface area (TPSA) is 12.0 Å². The monoisotopic (exact) mass is 263 g/mol. The first-order chi connectivity index (χ1) is 8.31. The van der Waals surface area contributed by atoms with Gasteiger partial charge in [0.25, 0.3) is 0 Å². The first-order valence-corrected chi connectivity index (χ1v) is 6.65. The second-order valence-electron chi connectivity index (χ2n) is 3.67. The third-order valence-corrected chi connectivity index (χ3v) is 4.03. The Morgan fingerprint density at radius 2 is 1.65 bits per heavy atom. The van der Waals surface area contributed by atoms with E-state index in [1.165, 1.54) is 10.5 Å². The maximum absolute atomic E-state index is 6.17. The minimum absolute atomic E-state index is 0.803. The van der Waals surface area contributed by atoms with Gasteiger partial charge in [0, 0.05) is 16.3 Å². The molecule has 0 saturated carbocycles. The Morgan fingerprint density at radius 1 is 1.00 bits per heavy atom. The summed E-state index contributed by atoms with van der Waals surface area (Å²) in [6.07, 6.45) is 0. The molecule has 3 heteroatoms. The van der Waals surface area contributed by atoms with Crippen LogP contribution in [0.3, 0.4) is 0 Å². The van der Waals surface area contributed by atoms with Gasteiger partial charge in [-0.05, 0) is 30.8 Å². The van der Waals surface area contributed by atoms with Crippen LogP contribution in [-0.4, -0.2) is 7.05 Å². The number of nitrogens with one attached hydrogen (secondary N) is 1. The zero-order valence-electron chi connectivity index (χ0n) is 9.61. The van der Waals surface area contributed by atoms with Crippen molar-refractivity contribution in [2.45, 2.75) is 16.3 Å². The third kappa shape index (κ3) is 3.25. The number of hydrogen-bond donors (Lipinski definition) is 1. The van der Waals surface area contributed by atoms with Crippen molar-refractivity contribution in [2.75, 3.05) is 7.05 Å². The molecular formula is C14H14ClNS. The smallest absolute Gasteiger partial charge is 0.0545 e. The largest absolute Gasteiger partial charge is 0.316 e. The van der Waals surface area contributed by atoms with Crippen molar-refractivity contribution in [1.29, 1.82) is 0 Å². The van der Waals surface area contributed by atoms with Crippen LogP contribution in [0, 0.1) is 0 Å². The van der Waals surface area contributed by atoms with E-state index in [2.05, 4.69) is 29.6 Å². The molecule has 88 valence electrons. The fraction of sp³-hybridized carbons (Fsp3) is 0.143. The number of halogens is 1. The quantitative estimate of drug-likeness (QED) is 0.887. The average Bonchev–Trinajstić information content (AvgIpc) is 2.35. The molecular weight excluding hydrogens is 250 g/mol. The first-order valence-electron chi connectivity index (χ1n) is 5.46. The van der Waals surface area contributed by atoms with Gasteiger partial charge in [0.15, 0.2) is 0 Å². The van der Waals surface area contributed by atoms with Crippen molar-refractivity contribution >= 4 is 23.4 Å². The van der Waals surface area contributed by atoms with Crippen LogP contribution < -0.4 is 5.32 Å². The van der Waals surface area contributed by atoms with Gasteiger partial charge in [-0.15, -0.1) is 0 Å². The zero-order chi connectivity index (χ0) is 12.1. The summed E-state index contributed by atoms with van der Waals surface area (Å²) in [6, 6.07) is 16.3. The minimum Gasteiger partial charge on any atom is -0.316 e. The van der Waals surface area contributed by atoms with E-state index in [1.54, 1.807) is 11.8 Å². The fourth-order valence-corrected chi connectivity index (χ4v) is 2.80. The Bertz CT molecular complexity index is 499. The standard InChI is InChI=1S/C14H14ClNS/c1-16-10-11-6-2-4-8-13(11)17-14-9-5-3-7-12(14)15/h2-9,16H,10H2,1H3. The van der Waals surface area contributed by atoms with Gasteiger partial charge in [-0.25, -0.2) is 0 Å². The van der Waals surface area contributed by atoms with Gasteiger partial charge in [0.1, 0.15) is 0 Å². The van der Waals surface area contributed by atoms with Crippen molar-refractivity contribution in [3.05, 3.63) is 59.1 Å². The van der Waals surface area contributed by atoms with Crippen molar-refractivity contribution < 1.29 is 0 Å². The van der Waals surface area contributed by atoms with E-state index in [-0.39, 0.29) is 0 Å². The highest BCUT2D eigenvalue weighted by molar-refractivity contribution is 7.99. The first kappa shape index (κ1) is 12.5. The van der Waals surface area contributed by atoms with E-state index in [1.807, 2.05) is 31.3 Å². The molecule has 0 radical (unpaired) electrons. The molecule has 1 nitrogen and oxygen atoms in total. The van der Waals surface area contributed by atoms with E-state index in [0.29, 0.717) is 0 Å². The summed E-state index contributed by atoms with van der Waals surface area (Å²) >= 11 is 7.88. The Morgan fingerprint density at radius 3 is 2.35 bits per heavy atom. The summed E-state index contributed by atoms with van der Waals surface area (Å²) in [5, 5.41) is 3.98. The predicted molar refractivity (Wildman–Crippen MR) is 74.8 cm³/mol. The summed E-state index contributed by atoms with van der Waals surface area (Å²) in [5.74, 6) is 0. The van der Waals surface area contributed by atoms with Gasteiger partial charge in [-0.3, -0.25) is 0 Å². The molecule has 0 bridgehead atoms. The molecule has 0 heterocycles. The number of hydrogen-bond acceptors (Lipinski definition) is 2. The molecule has 0 unspecified atom stereocenters. The van der Waals surface area contributed by atoms with Gasteiger partial charge in [-0.2, -0.15) is 0 Å².